The quantitative estimate of drug-likeness (QED) is 0.576. The summed E-state index contributed by atoms with van der Waals surface area (Å²) in [5.41, 5.74) is 0.370. The Morgan fingerprint density at radius 2 is 1.95 bits per heavy atom. The minimum Gasteiger partial charge on any atom is -0.373 e. The minimum absolute atomic E-state index is 0.112. The summed E-state index contributed by atoms with van der Waals surface area (Å²) in [5.74, 6) is 0.346. The molecule has 0 fully saturated rings. The van der Waals surface area contributed by atoms with Crippen LogP contribution in [0.5, 0.6) is 0 Å². The summed E-state index contributed by atoms with van der Waals surface area (Å²) in [6, 6.07) is 6.26. The van der Waals surface area contributed by atoms with Gasteiger partial charge in [0.15, 0.2) is 0 Å². The zero-order valence-electron chi connectivity index (χ0n) is 12.1. The Labute approximate surface area is 130 Å². The smallest absolute Gasteiger partial charge is 0.242 e. The van der Waals surface area contributed by atoms with Gasteiger partial charge in [-0.3, -0.25) is 0 Å². The second-order valence-electron chi connectivity index (χ2n) is 4.51. The van der Waals surface area contributed by atoms with E-state index in [1.54, 1.807) is 39.1 Å². The molecule has 21 heavy (non-hydrogen) atoms. The van der Waals surface area contributed by atoms with Gasteiger partial charge in [-0.1, -0.05) is 23.7 Å². The summed E-state index contributed by atoms with van der Waals surface area (Å²) in [4.78, 5) is 0.112. The Morgan fingerprint density at radius 3 is 2.48 bits per heavy atom. The maximum atomic E-state index is 12.3. The number of halogens is 1. The highest BCUT2D eigenvalue weighted by Crippen LogP contribution is 2.22. The fourth-order valence-electron chi connectivity index (χ4n) is 1.63. The second kappa shape index (κ2) is 7.44. The van der Waals surface area contributed by atoms with E-state index in [1.807, 2.05) is 0 Å². The fourth-order valence-corrected chi connectivity index (χ4v) is 3.18. The van der Waals surface area contributed by atoms with Gasteiger partial charge in [-0.15, -0.1) is 0 Å². The second-order valence-corrected chi connectivity index (χ2v) is 6.60. The normalized spacial score (nSPS) is 12.8. The molecule has 1 rings (SSSR count). The molecule has 0 saturated carbocycles. The Morgan fingerprint density at radius 1 is 1.33 bits per heavy atom. The molecule has 0 aliphatic heterocycles. The Bertz CT molecular complexity index is 641. The van der Waals surface area contributed by atoms with Gasteiger partial charge in [0.2, 0.25) is 10.0 Å². The summed E-state index contributed by atoms with van der Waals surface area (Å²) >= 11 is 5.88. The van der Waals surface area contributed by atoms with Gasteiger partial charge in [0.25, 0.3) is 0 Å². The van der Waals surface area contributed by atoms with Gasteiger partial charge in [0.1, 0.15) is 10.7 Å². The van der Waals surface area contributed by atoms with Crippen LogP contribution < -0.4 is 15.4 Å². The molecular formula is C13H19ClN4O2S. The lowest BCUT2D eigenvalue weighted by atomic mass is 10.3. The van der Waals surface area contributed by atoms with Crippen LogP contribution in [0.2, 0.25) is 0 Å². The van der Waals surface area contributed by atoms with Crippen LogP contribution in [0.4, 0.5) is 5.69 Å². The molecule has 0 spiro atoms. The van der Waals surface area contributed by atoms with Crippen molar-refractivity contribution >= 4 is 33.5 Å². The standard InChI is InChI=1S/C13H19ClN4O2S/c1-9(2)18-21(19,20)12-7-5-4-6-11(12)17-13(16-3)10(14)8-15/h4-9,15-18H,1-3H3/b13-10-,15-8?. The first kappa shape index (κ1) is 17.5. The van der Waals surface area contributed by atoms with Crippen molar-refractivity contribution in [3.8, 4) is 0 Å². The molecule has 4 N–H and O–H groups in total. The average molecular weight is 331 g/mol. The number of benzene rings is 1. The van der Waals surface area contributed by atoms with Gasteiger partial charge in [0.05, 0.1) is 10.7 Å². The molecular weight excluding hydrogens is 312 g/mol. The summed E-state index contributed by atoms with van der Waals surface area (Å²) in [5, 5.41) is 13.0. The highest BCUT2D eigenvalue weighted by atomic mass is 35.5. The topological polar surface area (TPSA) is 94.1 Å². The number of allylic oxidation sites excluding steroid dienone is 1. The van der Waals surface area contributed by atoms with E-state index in [1.165, 1.54) is 6.07 Å². The SMILES string of the molecule is CN/C(Nc1ccccc1S(=O)(=O)NC(C)C)=C(/Cl)C=N. The van der Waals surface area contributed by atoms with Crippen LogP contribution in [0.1, 0.15) is 13.8 Å². The van der Waals surface area contributed by atoms with E-state index in [-0.39, 0.29) is 16.0 Å². The van der Waals surface area contributed by atoms with Crippen LogP contribution in [0.3, 0.4) is 0 Å². The van der Waals surface area contributed by atoms with Crippen molar-refractivity contribution in [1.82, 2.24) is 10.0 Å². The van der Waals surface area contributed by atoms with Crippen molar-refractivity contribution in [1.29, 1.82) is 5.41 Å². The van der Waals surface area contributed by atoms with E-state index in [0.717, 1.165) is 6.21 Å². The molecule has 0 bridgehead atoms. The van der Waals surface area contributed by atoms with Crippen LogP contribution in [0.25, 0.3) is 0 Å². The summed E-state index contributed by atoms with van der Waals surface area (Å²) in [6.07, 6.45) is 0.962. The zero-order chi connectivity index (χ0) is 16.0. The van der Waals surface area contributed by atoms with E-state index < -0.39 is 10.0 Å². The molecule has 0 unspecified atom stereocenters. The molecule has 0 saturated heterocycles. The number of hydrogen-bond donors (Lipinski definition) is 4. The molecule has 8 heteroatoms. The molecule has 0 atom stereocenters. The van der Waals surface area contributed by atoms with Crippen LogP contribution in [-0.4, -0.2) is 27.7 Å². The van der Waals surface area contributed by atoms with Gasteiger partial charge in [-0.05, 0) is 26.0 Å². The fraction of sp³-hybridized carbons (Fsp3) is 0.308. The van der Waals surface area contributed by atoms with Gasteiger partial charge in [-0.2, -0.15) is 0 Å². The Balaban J connectivity index is 3.25. The largest absolute Gasteiger partial charge is 0.373 e. The molecule has 0 aliphatic carbocycles. The number of hydrogen-bond acceptors (Lipinski definition) is 5. The molecule has 116 valence electrons. The van der Waals surface area contributed by atoms with E-state index in [9.17, 15) is 8.42 Å². The van der Waals surface area contributed by atoms with Gasteiger partial charge in [-0.25, -0.2) is 13.1 Å². The van der Waals surface area contributed by atoms with E-state index in [4.69, 9.17) is 17.0 Å². The molecule has 0 amide bonds. The highest BCUT2D eigenvalue weighted by molar-refractivity contribution is 7.89. The van der Waals surface area contributed by atoms with Crippen molar-refractivity contribution in [2.24, 2.45) is 0 Å². The first-order chi connectivity index (χ1) is 9.81. The molecule has 0 aliphatic rings. The number of sulfonamides is 1. The lowest BCUT2D eigenvalue weighted by Gasteiger charge is -2.16. The van der Waals surface area contributed by atoms with Crippen LogP contribution in [-0.2, 0) is 10.0 Å². The van der Waals surface area contributed by atoms with Crippen molar-refractivity contribution < 1.29 is 8.42 Å². The maximum Gasteiger partial charge on any atom is 0.242 e. The third-order valence-corrected chi connectivity index (χ3v) is 4.46. The van der Waals surface area contributed by atoms with E-state index >= 15 is 0 Å². The zero-order valence-corrected chi connectivity index (χ0v) is 13.6. The van der Waals surface area contributed by atoms with Crippen molar-refractivity contribution in [2.75, 3.05) is 12.4 Å². The molecule has 0 radical (unpaired) electrons. The summed E-state index contributed by atoms with van der Waals surface area (Å²) in [6.45, 7) is 3.50. The van der Waals surface area contributed by atoms with Crippen molar-refractivity contribution in [3.63, 3.8) is 0 Å². The minimum atomic E-state index is -3.64. The molecule has 6 nitrogen and oxygen atoms in total. The number of rotatable bonds is 7. The Kier molecular flexibility index (Phi) is 6.19. The lowest BCUT2D eigenvalue weighted by molar-refractivity contribution is 0.570. The third-order valence-electron chi connectivity index (χ3n) is 2.44. The summed E-state index contributed by atoms with van der Waals surface area (Å²) < 4.78 is 27.1. The van der Waals surface area contributed by atoms with Crippen molar-refractivity contribution in [2.45, 2.75) is 24.8 Å². The van der Waals surface area contributed by atoms with Crippen molar-refractivity contribution in [3.05, 3.63) is 35.1 Å². The van der Waals surface area contributed by atoms with Gasteiger partial charge in [0, 0.05) is 19.3 Å². The monoisotopic (exact) mass is 330 g/mol. The Hall–Kier alpha value is -1.57. The molecule has 1 aromatic carbocycles. The number of nitrogens with one attached hydrogen (secondary N) is 4. The maximum absolute atomic E-state index is 12.3. The van der Waals surface area contributed by atoms with Crippen LogP contribution in [0.15, 0.2) is 40.0 Å². The molecule has 1 aromatic rings. The predicted molar refractivity (Wildman–Crippen MR) is 86.2 cm³/mol. The van der Waals surface area contributed by atoms with E-state index in [0.29, 0.717) is 11.5 Å². The van der Waals surface area contributed by atoms with Gasteiger partial charge < -0.3 is 16.0 Å². The van der Waals surface area contributed by atoms with Crippen LogP contribution in [0, 0.1) is 5.41 Å². The number of para-hydroxylation sites is 1. The van der Waals surface area contributed by atoms with E-state index in [2.05, 4.69) is 15.4 Å². The first-order valence-corrected chi connectivity index (χ1v) is 8.14. The average Bonchev–Trinajstić information content (AvgIpc) is 2.42. The number of anilines is 1. The third kappa shape index (κ3) is 4.73. The molecule has 0 aromatic heterocycles. The highest BCUT2D eigenvalue weighted by Gasteiger charge is 2.19. The van der Waals surface area contributed by atoms with Crippen LogP contribution >= 0.6 is 11.6 Å². The lowest BCUT2D eigenvalue weighted by Crippen LogP contribution is -2.31. The van der Waals surface area contributed by atoms with Gasteiger partial charge >= 0.3 is 0 Å². The first-order valence-electron chi connectivity index (χ1n) is 6.28. The predicted octanol–water partition coefficient (Wildman–Crippen LogP) is 2.06. The molecule has 0 heterocycles. The summed E-state index contributed by atoms with van der Waals surface area (Å²) in [7, 11) is -2.02.